The molecular formula is C15H25NO. The number of hydrogen-bond acceptors (Lipinski definition) is 2. The van der Waals surface area contributed by atoms with Gasteiger partial charge >= 0.3 is 0 Å². The van der Waals surface area contributed by atoms with Crippen LogP contribution in [0.25, 0.3) is 0 Å². The van der Waals surface area contributed by atoms with Gasteiger partial charge in [-0.05, 0) is 70.1 Å². The van der Waals surface area contributed by atoms with Gasteiger partial charge in [-0.25, -0.2) is 0 Å². The van der Waals surface area contributed by atoms with E-state index >= 15 is 0 Å². The quantitative estimate of drug-likeness (QED) is 0.743. The van der Waals surface area contributed by atoms with Crippen molar-refractivity contribution < 1.29 is 4.74 Å². The fourth-order valence-electron chi connectivity index (χ4n) is 3.68. The van der Waals surface area contributed by atoms with Gasteiger partial charge in [0.2, 0.25) is 0 Å². The van der Waals surface area contributed by atoms with Gasteiger partial charge in [0.15, 0.2) is 0 Å². The molecule has 0 aliphatic heterocycles. The molecule has 0 spiro atoms. The highest BCUT2D eigenvalue weighted by Crippen LogP contribution is 2.40. The summed E-state index contributed by atoms with van der Waals surface area (Å²) in [7, 11) is 0. The van der Waals surface area contributed by atoms with Crippen molar-refractivity contribution in [2.45, 2.75) is 64.4 Å². The normalized spacial score (nSPS) is 38.6. The second-order valence-electron chi connectivity index (χ2n) is 5.73. The molecule has 0 radical (unpaired) electrons. The zero-order valence-electron chi connectivity index (χ0n) is 11.0. The van der Waals surface area contributed by atoms with Gasteiger partial charge in [-0.1, -0.05) is 0 Å². The predicted octanol–water partition coefficient (Wildman–Crippen LogP) is 3.91. The van der Waals surface area contributed by atoms with Crippen LogP contribution in [0.3, 0.4) is 0 Å². The van der Waals surface area contributed by atoms with Gasteiger partial charge in [-0.15, -0.1) is 0 Å². The molecule has 0 aromatic carbocycles. The molecule has 0 amide bonds. The Kier molecular flexibility index (Phi) is 4.86. The third kappa shape index (κ3) is 3.45. The predicted molar refractivity (Wildman–Crippen MR) is 68.4 cm³/mol. The van der Waals surface area contributed by atoms with Gasteiger partial charge in [0, 0.05) is 12.5 Å². The van der Waals surface area contributed by atoms with Gasteiger partial charge < -0.3 is 4.74 Å². The SMILES string of the molecule is CCO[C@H]1CC[C@H]([C@H]2CC[C@H](C#N)CC2)CC1. The second kappa shape index (κ2) is 6.40. The smallest absolute Gasteiger partial charge is 0.0655 e. The number of hydrogen-bond donors (Lipinski definition) is 0. The maximum absolute atomic E-state index is 8.91. The summed E-state index contributed by atoms with van der Waals surface area (Å²) < 4.78 is 5.71. The third-order valence-electron chi connectivity index (χ3n) is 4.74. The fraction of sp³-hybridized carbons (Fsp3) is 0.933. The molecule has 2 fully saturated rings. The highest BCUT2D eigenvalue weighted by molar-refractivity contribution is 4.89. The maximum atomic E-state index is 8.91. The van der Waals surface area contributed by atoms with E-state index in [-0.39, 0.29) is 0 Å². The van der Waals surface area contributed by atoms with Crippen molar-refractivity contribution in [3.8, 4) is 6.07 Å². The lowest BCUT2D eigenvalue weighted by atomic mass is 9.71. The van der Waals surface area contributed by atoms with Crippen molar-refractivity contribution in [3.05, 3.63) is 0 Å². The number of nitriles is 1. The third-order valence-corrected chi connectivity index (χ3v) is 4.74. The topological polar surface area (TPSA) is 33.0 Å². The first-order chi connectivity index (χ1) is 8.33. The lowest BCUT2D eigenvalue weighted by molar-refractivity contribution is 0.0143. The largest absolute Gasteiger partial charge is 0.379 e. The van der Waals surface area contributed by atoms with Crippen molar-refractivity contribution >= 4 is 0 Å². The van der Waals surface area contributed by atoms with Crippen molar-refractivity contribution in [1.82, 2.24) is 0 Å². The number of nitrogens with zero attached hydrogens (tertiary/aromatic N) is 1. The molecule has 0 aromatic rings. The Morgan fingerprint density at radius 1 is 0.941 bits per heavy atom. The number of ether oxygens (including phenoxy) is 1. The first-order valence-corrected chi connectivity index (χ1v) is 7.34. The second-order valence-corrected chi connectivity index (χ2v) is 5.73. The first kappa shape index (κ1) is 12.9. The van der Waals surface area contributed by atoms with Crippen molar-refractivity contribution in [2.24, 2.45) is 17.8 Å². The monoisotopic (exact) mass is 235 g/mol. The minimum absolute atomic E-state index is 0.353. The van der Waals surface area contributed by atoms with Crippen molar-refractivity contribution in [1.29, 1.82) is 5.26 Å². The van der Waals surface area contributed by atoms with E-state index in [9.17, 15) is 0 Å². The molecule has 0 heterocycles. The van der Waals surface area contributed by atoms with Gasteiger partial charge in [-0.2, -0.15) is 5.26 Å². The van der Waals surface area contributed by atoms with Crippen LogP contribution < -0.4 is 0 Å². The van der Waals surface area contributed by atoms with Gasteiger partial charge in [-0.3, -0.25) is 0 Å². The van der Waals surface area contributed by atoms with Gasteiger partial charge in [0.25, 0.3) is 0 Å². The van der Waals surface area contributed by atoms with E-state index in [1.807, 2.05) is 0 Å². The van der Waals surface area contributed by atoms with Crippen LogP contribution in [0.15, 0.2) is 0 Å². The van der Waals surface area contributed by atoms with E-state index in [1.165, 1.54) is 38.5 Å². The van der Waals surface area contributed by atoms with Gasteiger partial charge in [0.1, 0.15) is 0 Å². The molecule has 2 aliphatic rings. The van der Waals surface area contributed by atoms with Crippen LogP contribution in [0.2, 0.25) is 0 Å². The molecule has 0 N–H and O–H groups in total. The van der Waals surface area contributed by atoms with Crippen LogP contribution in [0, 0.1) is 29.1 Å². The average Bonchev–Trinajstić information content (AvgIpc) is 2.40. The molecule has 96 valence electrons. The molecule has 0 unspecified atom stereocenters. The summed E-state index contributed by atoms with van der Waals surface area (Å²) in [5, 5.41) is 8.91. The fourth-order valence-corrected chi connectivity index (χ4v) is 3.68. The summed E-state index contributed by atoms with van der Waals surface area (Å²) in [4.78, 5) is 0. The minimum atomic E-state index is 0.353. The van der Waals surface area contributed by atoms with E-state index in [2.05, 4.69) is 13.0 Å². The molecular weight excluding hydrogens is 210 g/mol. The summed E-state index contributed by atoms with van der Waals surface area (Å²) in [5.41, 5.74) is 0. The van der Waals surface area contributed by atoms with E-state index in [1.54, 1.807) is 0 Å². The zero-order chi connectivity index (χ0) is 12.1. The lowest BCUT2D eigenvalue weighted by Gasteiger charge is -2.36. The Labute approximate surface area is 105 Å². The molecule has 2 nitrogen and oxygen atoms in total. The molecule has 17 heavy (non-hydrogen) atoms. The van der Waals surface area contributed by atoms with Crippen LogP contribution in [0.4, 0.5) is 0 Å². The highest BCUT2D eigenvalue weighted by atomic mass is 16.5. The highest BCUT2D eigenvalue weighted by Gasteiger charge is 2.30. The zero-order valence-corrected chi connectivity index (χ0v) is 11.0. The molecule has 0 bridgehead atoms. The standard InChI is InChI=1S/C15H25NO/c1-2-17-15-9-7-14(8-10-15)13-5-3-12(11-16)4-6-13/h12-15H,2-10H2,1H3/t12-,13-,14-,15-. The summed E-state index contributed by atoms with van der Waals surface area (Å²) in [6, 6.07) is 2.43. The molecule has 0 atom stereocenters. The Bertz CT molecular complexity index is 255. The van der Waals surface area contributed by atoms with Crippen LogP contribution >= 0.6 is 0 Å². The van der Waals surface area contributed by atoms with Crippen LogP contribution in [-0.4, -0.2) is 12.7 Å². The van der Waals surface area contributed by atoms with E-state index in [0.717, 1.165) is 31.3 Å². The lowest BCUT2D eigenvalue weighted by Crippen LogP contribution is -2.28. The minimum Gasteiger partial charge on any atom is -0.379 e. The van der Waals surface area contributed by atoms with Crippen LogP contribution in [0.5, 0.6) is 0 Å². The molecule has 2 heteroatoms. The first-order valence-electron chi connectivity index (χ1n) is 7.34. The summed E-state index contributed by atoms with van der Waals surface area (Å²) in [6.07, 6.45) is 10.6. The molecule has 2 aliphatic carbocycles. The van der Waals surface area contributed by atoms with Crippen molar-refractivity contribution in [2.75, 3.05) is 6.61 Å². The van der Waals surface area contributed by atoms with E-state index in [0.29, 0.717) is 12.0 Å². The molecule has 0 saturated heterocycles. The Balaban J connectivity index is 1.72. The molecule has 2 rings (SSSR count). The summed E-state index contributed by atoms with van der Waals surface area (Å²) in [6.45, 7) is 2.96. The average molecular weight is 235 g/mol. The van der Waals surface area contributed by atoms with E-state index < -0.39 is 0 Å². The molecule has 2 saturated carbocycles. The maximum Gasteiger partial charge on any atom is 0.0655 e. The van der Waals surface area contributed by atoms with Gasteiger partial charge in [0.05, 0.1) is 12.2 Å². The van der Waals surface area contributed by atoms with Crippen LogP contribution in [0.1, 0.15) is 58.3 Å². The van der Waals surface area contributed by atoms with Crippen LogP contribution in [-0.2, 0) is 4.74 Å². The Morgan fingerprint density at radius 3 is 1.94 bits per heavy atom. The van der Waals surface area contributed by atoms with E-state index in [4.69, 9.17) is 10.00 Å². The summed E-state index contributed by atoms with van der Waals surface area (Å²) >= 11 is 0. The Hall–Kier alpha value is -0.550. The van der Waals surface area contributed by atoms with Crippen molar-refractivity contribution in [3.63, 3.8) is 0 Å². The number of rotatable bonds is 3. The summed E-state index contributed by atoms with van der Waals surface area (Å²) in [5.74, 6) is 2.18. The Morgan fingerprint density at radius 2 is 1.47 bits per heavy atom. The molecule has 0 aromatic heterocycles.